The first kappa shape index (κ1) is 11.5. The van der Waals surface area contributed by atoms with Crippen LogP contribution in [-0.2, 0) is 0 Å². The first-order valence-corrected chi connectivity index (χ1v) is 6.90. The van der Waals surface area contributed by atoms with Crippen molar-refractivity contribution in [2.24, 2.45) is 11.8 Å². The minimum Gasteiger partial charge on any atom is -0.397 e. The highest BCUT2D eigenvalue weighted by Gasteiger charge is 2.36. The van der Waals surface area contributed by atoms with E-state index in [1.54, 1.807) is 6.07 Å². The Labute approximate surface area is 112 Å². The van der Waals surface area contributed by atoms with E-state index in [0.717, 1.165) is 36.3 Å². The molecule has 2 atom stereocenters. The second-order valence-corrected chi connectivity index (χ2v) is 6.00. The van der Waals surface area contributed by atoms with Crippen molar-refractivity contribution in [3.05, 3.63) is 22.2 Å². The molecule has 1 saturated carbocycles. The first-order chi connectivity index (χ1) is 8.15. The fourth-order valence-electron chi connectivity index (χ4n) is 3.26. The lowest BCUT2D eigenvalue weighted by Crippen LogP contribution is -2.21. The Hall–Kier alpha value is -0.600. The molecular weight excluding hydrogens is 255 g/mol. The zero-order chi connectivity index (χ0) is 12.0. The summed E-state index contributed by atoms with van der Waals surface area (Å²) in [6.45, 7) is 2.24. The number of nitrogens with zero attached hydrogens (tertiary/aromatic N) is 1. The van der Waals surface area contributed by atoms with Crippen molar-refractivity contribution in [1.29, 1.82) is 0 Å². The maximum atomic E-state index is 6.07. The highest BCUT2D eigenvalue weighted by atomic mass is 35.5. The van der Waals surface area contributed by atoms with Crippen LogP contribution in [0.3, 0.4) is 0 Å². The van der Waals surface area contributed by atoms with Crippen LogP contribution in [0.15, 0.2) is 12.1 Å². The average Bonchev–Trinajstić information content (AvgIpc) is 2.83. The monoisotopic (exact) mass is 270 g/mol. The van der Waals surface area contributed by atoms with Crippen LogP contribution in [0.25, 0.3) is 0 Å². The van der Waals surface area contributed by atoms with Crippen LogP contribution in [-0.4, -0.2) is 13.1 Å². The maximum absolute atomic E-state index is 6.07. The van der Waals surface area contributed by atoms with Gasteiger partial charge in [-0.25, -0.2) is 0 Å². The van der Waals surface area contributed by atoms with E-state index in [4.69, 9.17) is 28.9 Å². The summed E-state index contributed by atoms with van der Waals surface area (Å²) < 4.78 is 0. The molecule has 17 heavy (non-hydrogen) atoms. The summed E-state index contributed by atoms with van der Waals surface area (Å²) in [5.41, 5.74) is 7.82. The quantitative estimate of drug-likeness (QED) is 0.787. The number of nitrogens with two attached hydrogens (primary N) is 1. The summed E-state index contributed by atoms with van der Waals surface area (Å²) in [5.74, 6) is 1.70. The predicted octanol–water partition coefficient (Wildman–Crippen LogP) is 3.81. The summed E-state index contributed by atoms with van der Waals surface area (Å²) in [7, 11) is 0. The number of hydrogen-bond acceptors (Lipinski definition) is 2. The number of nitrogen functional groups attached to an aromatic ring is 1. The molecule has 1 saturated heterocycles. The van der Waals surface area contributed by atoms with Crippen molar-refractivity contribution in [3.63, 3.8) is 0 Å². The normalized spacial score (nSPS) is 27.5. The number of benzene rings is 1. The maximum Gasteiger partial charge on any atom is 0.0616 e. The molecule has 0 aromatic heterocycles. The van der Waals surface area contributed by atoms with Gasteiger partial charge in [0, 0.05) is 13.1 Å². The van der Waals surface area contributed by atoms with E-state index in [1.807, 2.05) is 6.07 Å². The van der Waals surface area contributed by atoms with Crippen LogP contribution in [0.5, 0.6) is 0 Å². The van der Waals surface area contributed by atoms with E-state index in [9.17, 15) is 0 Å². The van der Waals surface area contributed by atoms with E-state index in [1.165, 1.54) is 19.3 Å². The molecule has 3 rings (SSSR count). The van der Waals surface area contributed by atoms with Gasteiger partial charge in [-0.2, -0.15) is 0 Å². The standard InChI is InChI=1S/C13H16Cl2N2/c14-10-4-12(16)13(5-11(10)15)17-6-8-2-1-3-9(8)7-17/h4-5,8-9H,1-3,6-7,16H2. The molecule has 1 aromatic rings. The third-order valence-corrected chi connectivity index (χ3v) is 4.86. The Morgan fingerprint density at radius 1 is 1.06 bits per heavy atom. The van der Waals surface area contributed by atoms with Gasteiger partial charge in [0.1, 0.15) is 0 Å². The Bertz CT molecular complexity index is 435. The molecule has 1 aliphatic heterocycles. The minimum absolute atomic E-state index is 0.535. The van der Waals surface area contributed by atoms with E-state index < -0.39 is 0 Å². The van der Waals surface area contributed by atoms with Gasteiger partial charge in [0.05, 0.1) is 21.4 Å². The fraction of sp³-hybridized carbons (Fsp3) is 0.538. The van der Waals surface area contributed by atoms with E-state index >= 15 is 0 Å². The highest BCUT2D eigenvalue weighted by molar-refractivity contribution is 6.42. The molecule has 1 aliphatic carbocycles. The summed E-state index contributed by atoms with van der Waals surface area (Å²) >= 11 is 12.0. The number of hydrogen-bond donors (Lipinski definition) is 1. The molecule has 1 heterocycles. The second kappa shape index (κ2) is 4.25. The molecule has 0 radical (unpaired) electrons. The largest absolute Gasteiger partial charge is 0.397 e. The van der Waals surface area contributed by atoms with Gasteiger partial charge in [-0.05, 0) is 36.8 Å². The molecule has 0 spiro atoms. The van der Waals surface area contributed by atoms with Gasteiger partial charge < -0.3 is 10.6 Å². The van der Waals surface area contributed by atoms with Gasteiger partial charge in [-0.3, -0.25) is 0 Å². The first-order valence-electron chi connectivity index (χ1n) is 6.14. The van der Waals surface area contributed by atoms with Crippen LogP contribution >= 0.6 is 23.2 Å². The molecule has 0 amide bonds. The zero-order valence-electron chi connectivity index (χ0n) is 9.63. The lowest BCUT2D eigenvalue weighted by Gasteiger charge is -2.22. The van der Waals surface area contributed by atoms with E-state index in [2.05, 4.69) is 4.90 Å². The lowest BCUT2D eigenvalue weighted by molar-refractivity contribution is 0.494. The van der Waals surface area contributed by atoms with Crippen molar-refractivity contribution >= 4 is 34.6 Å². The molecule has 0 bridgehead atoms. The number of anilines is 2. The average molecular weight is 271 g/mol. The molecule has 4 heteroatoms. The second-order valence-electron chi connectivity index (χ2n) is 5.18. The third-order valence-electron chi connectivity index (χ3n) is 4.14. The Morgan fingerprint density at radius 3 is 2.29 bits per heavy atom. The smallest absolute Gasteiger partial charge is 0.0616 e. The van der Waals surface area contributed by atoms with Crippen LogP contribution in [0, 0.1) is 11.8 Å². The van der Waals surface area contributed by atoms with Crippen molar-refractivity contribution < 1.29 is 0 Å². The van der Waals surface area contributed by atoms with Crippen LogP contribution in [0.4, 0.5) is 11.4 Å². The van der Waals surface area contributed by atoms with Crippen molar-refractivity contribution in [2.75, 3.05) is 23.7 Å². The van der Waals surface area contributed by atoms with Crippen molar-refractivity contribution in [3.8, 4) is 0 Å². The molecule has 2 N–H and O–H groups in total. The summed E-state index contributed by atoms with van der Waals surface area (Å²) in [4.78, 5) is 2.37. The van der Waals surface area contributed by atoms with Crippen LogP contribution < -0.4 is 10.6 Å². The number of rotatable bonds is 1. The Kier molecular flexibility index (Phi) is 2.87. The van der Waals surface area contributed by atoms with Gasteiger partial charge in [0.15, 0.2) is 0 Å². The molecule has 2 unspecified atom stereocenters. The van der Waals surface area contributed by atoms with E-state index in [-0.39, 0.29) is 0 Å². The highest BCUT2D eigenvalue weighted by Crippen LogP contribution is 2.42. The molecule has 92 valence electrons. The van der Waals surface area contributed by atoms with Gasteiger partial charge in [-0.1, -0.05) is 29.6 Å². The Morgan fingerprint density at radius 2 is 1.65 bits per heavy atom. The van der Waals surface area contributed by atoms with Gasteiger partial charge in [-0.15, -0.1) is 0 Å². The molecule has 2 aliphatic rings. The van der Waals surface area contributed by atoms with Gasteiger partial charge >= 0.3 is 0 Å². The van der Waals surface area contributed by atoms with Gasteiger partial charge in [0.25, 0.3) is 0 Å². The topological polar surface area (TPSA) is 29.3 Å². The van der Waals surface area contributed by atoms with Crippen LogP contribution in [0.2, 0.25) is 10.0 Å². The Balaban J connectivity index is 1.88. The number of halogens is 2. The minimum atomic E-state index is 0.535. The fourth-order valence-corrected chi connectivity index (χ4v) is 3.59. The molecular formula is C13H16Cl2N2. The molecule has 1 aromatic carbocycles. The zero-order valence-corrected chi connectivity index (χ0v) is 11.1. The summed E-state index contributed by atoms with van der Waals surface area (Å²) in [5, 5.41) is 1.13. The lowest BCUT2D eigenvalue weighted by atomic mass is 10.0. The molecule has 2 nitrogen and oxygen atoms in total. The van der Waals surface area contributed by atoms with Crippen molar-refractivity contribution in [2.45, 2.75) is 19.3 Å². The predicted molar refractivity (Wildman–Crippen MR) is 73.9 cm³/mol. The van der Waals surface area contributed by atoms with E-state index in [0.29, 0.717) is 10.0 Å². The summed E-state index contributed by atoms with van der Waals surface area (Å²) in [6, 6.07) is 3.66. The summed E-state index contributed by atoms with van der Waals surface area (Å²) in [6.07, 6.45) is 4.12. The number of fused-ring (bicyclic) bond motifs is 1. The van der Waals surface area contributed by atoms with Crippen LogP contribution in [0.1, 0.15) is 19.3 Å². The molecule has 2 fully saturated rings. The third kappa shape index (κ3) is 1.98. The SMILES string of the molecule is Nc1cc(Cl)c(Cl)cc1N1CC2CCCC2C1. The van der Waals surface area contributed by atoms with Crippen molar-refractivity contribution in [1.82, 2.24) is 0 Å². The van der Waals surface area contributed by atoms with Gasteiger partial charge in [0.2, 0.25) is 0 Å².